The molecule has 0 aromatic carbocycles. The molecule has 0 bridgehead atoms. The Morgan fingerprint density at radius 1 is 1.29 bits per heavy atom. The first-order chi connectivity index (χ1) is 8.38. The van der Waals surface area contributed by atoms with Crippen molar-refractivity contribution in [2.75, 3.05) is 17.3 Å². The van der Waals surface area contributed by atoms with E-state index in [0.29, 0.717) is 5.82 Å². The Kier molecular flexibility index (Phi) is 3.87. The van der Waals surface area contributed by atoms with Gasteiger partial charge >= 0.3 is 0 Å². The summed E-state index contributed by atoms with van der Waals surface area (Å²) in [4.78, 5) is 8.01. The van der Waals surface area contributed by atoms with E-state index < -0.39 is 0 Å². The summed E-state index contributed by atoms with van der Waals surface area (Å²) in [5, 5.41) is 7.32. The summed E-state index contributed by atoms with van der Waals surface area (Å²) in [6.45, 7) is 1.70. The predicted octanol–water partition coefficient (Wildman–Crippen LogP) is 0.461. The Morgan fingerprint density at radius 2 is 2.18 bits per heavy atom. The summed E-state index contributed by atoms with van der Waals surface area (Å²) < 4.78 is 1.90. The van der Waals surface area contributed by atoms with Gasteiger partial charge in [-0.1, -0.05) is 0 Å². The molecule has 0 aliphatic carbocycles. The standard InChI is InChI=1S/C10H15N7/c11-16-10-7-9(13-8-14-10)12-3-1-5-17-6-2-4-15-17/h2,4,6-8H,1,3,5,11H2,(H2,12,13,14,16). The van der Waals surface area contributed by atoms with E-state index in [-0.39, 0.29) is 0 Å². The fraction of sp³-hybridized carbons (Fsp3) is 0.300. The lowest BCUT2D eigenvalue weighted by atomic mass is 10.4. The Balaban J connectivity index is 1.74. The van der Waals surface area contributed by atoms with Crippen LogP contribution < -0.4 is 16.6 Å². The SMILES string of the molecule is NNc1cc(NCCCn2cccn2)ncn1. The molecule has 7 nitrogen and oxygen atoms in total. The van der Waals surface area contributed by atoms with Gasteiger partial charge in [-0.05, 0) is 12.5 Å². The fourth-order valence-electron chi connectivity index (χ4n) is 1.42. The third kappa shape index (κ3) is 3.42. The highest BCUT2D eigenvalue weighted by molar-refractivity contribution is 5.45. The number of hydrogen-bond donors (Lipinski definition) is 3. The van der Waals surface area contributed by atoms with E-state index in [2.05, 4.69) is 25.8 Å². The number of aromatic nitrogens is 4. The van der Waals surface area contributed by atoms with Crippen LogP contribution in [0.5, 0.6) is 0 Å². The fourth-order valence-corrected chi connectivity index (χ4v) is 1.42. The average molecular weight is 233 g/mol. The quantitative estimate of drug-likeness (QED) is 0.381. The second kappa shape index (κ2) is 5.80. The monoisotopic (exact) mass is 233 g/mol. The van der Waals surface area contributed by atoms with Crippen LogP contribution in [0.4, 0.5) is 11.6 Å². The topological polar surface area (TPSA) is 93.7 Å². The summed E-state index contributed by atoms with van der Waals surface area (Å²) >= 11 is 0. The van der Waals surface area contributed by atoms with Crippen molar-refractivity contribution < 1.29 is 0 Å². The number of hydrazine groups is 1. The van der Waals surface area contributed by atoms with Crippen LogP contribution in [-0.2, 0) is 6.54 Å². The van der Waals surface area contributed by atoms with Crippen LogP contribution in [0, 0.1) is 0 Å². The first-order valence-corrected chi connectivity index (χ1v) is 5.38. The molecule has 2 aromatic rings. The predicted molar refractivity (Wildman–Crippen MR) is 65.2 cm³/mol. The highest BCUT2D eigenvalue weighted by Crippen LogP contribution is 2.06. The molecule has 0 radical (unpaired) electrons. The number of anilines is 2. The molecular formula is C10H15N7. The third-order valence-electron chi connectivity index (χ3n) is 2.24. The van der Waals surface area contributed by atoms with Gasteiger partial charge in [-0.2, -0.15) is 5.10 Å². The molecule has 2 rings (SSSR count). The maximum absolute atomic E-state index is 5.26. The number of hydrogen-bond acceptors (Lipinski definition) is 6. The number of aryl methyl sites for hydroxylation is 1. The molecule has 90 valence electrons. The molecule has 0 aliphatic rings. The van der Waals surface area contributed by atoms with Crippen LogP contribution in [0.3, 0.4) is 0 Å². The second-order valence-corrected chi connectivity index (χ2v) is 3.48. The average Bonchev–Trinajstić information content (AvgIpc) is 2.88. The minimum absolute atomic E-state index is 0.592. The Hall–Kier alpha value is -2.15. The van der Waals surface area contributed by atoms with Crippen molar-refractivity contribution in [1.82, 2.24) is 19.7 Å². The minimum Gasteiger partial charge on any atom is -0.370 e. The van der Waals surface area contributed by atoms with Gasteiger partial charge in [0.25, 0.3) is 0 Å². The maximum atomic E-state index is 5.26. The van der Waals surface area contributed by atoms with E-state index in [9.17, 15) is 0 Å². The first kappa shape index (κ1) is 11.3. The van der Waals surface area contributed by atoms with Crippen LogP contribution in [0.2, 0.25) is 0 Å². The van der Waals surface area contributed by atoms with E-state index >= 15 is 0 Å². The van der Waals surface area contributed by atoms with Crippen LogP contribution in [0.15, 0.2) is 30.9 Å². The summed E-state index contributed by atoms with van der Waals surface area (Å²) in [5.74, 6) is 6.61. The highest BCUT2D eigenvalue weighted by Gasteiger charge is 1.96. The normalized spacial score (nSPS) is 10.2. The molecule has 0 unspecified atom stereocenters. The van der Waals surface area contributed by atoms with E-state index in [1.807, 2.05) is 16.9 Å². The van der Waals surface area contributed by atoms with Crippen molar-refractivity contribution in [3.8, 4) is 0 Å². The second-order valence-electron chi connectivity index (χ2n) is 3.48. The first-order valence-electron chi connectivity index (χ1n) is 5.38. The zero-order valence-corrected chi connectivity index (χ0v) is 9.37. The van der Waals surface area contributed by atoms with Crippen LogP contribution in [0.25, 0.3) is 0 Å². The third-order valence-corrected chi connectivity index (χ3v) is 2.24. The van der Waals surface area contributed by atoms with Crippen molar-refractivity contribution in [1.29, 1.82) is 0 Å². The van der Waals surface area contributed by atoms with Gasteiger partial charge in [-0.15, -0.1) is 0 Å². The molecule has 17 heavy (non-hydrogen) atoms. The number of nitrogen functional groups attached to an aromatic ring is 1. The molecule has 0 aliphatic heterocycles. The lowest BCUT2D eigenvalue weighted by molar-refractivity contribution is 0.591. The van der Waals surface area contributed by atoms with Gasteiger partial charge in [0.15, 0.2) is 0 Å². The summed E-state index contributed by atoms with van der Waals surface area (Å²) in [6.07, 6.45) is 6.15. The molecule has 0 spiro atoms. The zero-order valence-electron chi connectivity index (χ0n) is 9.37. The maximum Gasteiger partial charge on any atom is 0.145 e. The van der Waals surface area contributed by atoms with Gasteiger partial charge in [-0.3, -0.25) is 4.68 Å². The van der Waals surface area contributed by atoms with Crippen molar-refractivity contribution in [3.63, 3.8) is 0 Å². The summed E-state index contributed by atoms with van der Waals surface area (Å²) in [7, 11) is 0. The molecule has 2 aromatic heterocycles. The molecule has 0 saturated carbocycles. The van der Waals surface area contributed by atoms with Crippen molar-refractivity contribution >= 4 is 11.6 Å². The van der Waals surface area contributed by atoms with Gasteiger partial charge in [0.1, 0.15) is 18.0 Å². The van der Waals surface area contributed by atoms with Gasteiger partial charge in [0, 0.05) is 31.5 Å². The molecule has 0 saturated heterocycles. The van der Waals surface area contributed by atoms with E-state index in [4.69, 9.17) is 5.84 Å². The van der Waals surface area contributed by atoms with E-state index in [1.54, 1.807) is 12.3 Å². The Morgan fingerprint density at radius 3 is 2.94 bits per heavy atom. The number of nitrogens with one attached hydrogen (secondary N) is 2. The van der Waals surface area contributed by atoms with Crippen molar-refractivity contribution in [3.05, 3.63) is 30.9 Å². The molecule has 0 amide bonds. The van der Waals surface area contributed by atoms with Crippen LogP contribution in [-0.4, -0.2) is 26.3 Å². The van der Waals surface area contributed by atoms with Gasteiger partial charge in [0.05, 0.1) is 0 Å². The minimum atomic E-state index is 0.592. The number of rotatable bonds is 6. The Labute approximate surface area is 99.0 Å². The lowest BCUT2D eigenvalue weighted by Crippen LogP contribution is -2.11. The van der Waals surface area contributed by atoms with Crippen molar-refractivity contribution in [2.45, 2.75) is 13.0 Å². The number of nitrogens with zero attached hydrogens (tertiary/aromatic N) is 4. The molecule has 4 N–H and O–H groups in total. The van der Waals surface area contributed by atoms with Gasteiger partial charge < -0.3 is 10.7 Å². The Bertz CT molecular complexity index is 440. The van der Waals surface area contributed by atoms with Gasteiger partial charge in [0.2, 0.25) is 0 Å². The molecule has 0 fully saturated rings. The molecular weight excluding hydrogens is 218 g/mol. The molecule has 2 heterocycles. The summed E-state index contributed by atoms with van der Waals surface area (Å²) in [6, 6.07) is 3.67. The zero-order chi connectivity index (χ0) is 11.9. The van der Waals surface area contributed by atoms with Crippen LogP contribution in [0.1, 0.15) is 6.42 Å². The lowest BCUT2D eigenvalue weighted by Gasteiger charge is -2.06. The van der Waals surface area contributed by atoms with Crippen molar-refractivity contribution in [2.24, 2.45) is 5.84 Å². The largest absolute Gasteiger partial charge is 0.370 e. The summed E-state index contributed by atoms with van der Waals surface area (Å²) in [5.41, 5.74) is 2.47. The van der Waals surface area contributed by atoms with Crippen LogP contribution >= 0.6 is 0 Å². The molecule has 0 atom stereocenters. The number of nitrogens with two attached hydrogens (primary N) is 1. The smallest absolute Gasteiger partial charge is 0.145 e. The van der Waals surface area contributed by atoms with E-state index in [1.165, 1.54) is 6.33 Å². The highest BCUT2D eigenvalue weighted by atomic mass is 15.3. The molecule has 7 heteroatoms. The van der Waals surface area contributed by atoms with E-state index in [0.717, 1.165) is 25.3 Å². The van der Waals surface area contributed by atoms with Gasteiger partial charge in [-0.25, -0.2) is 15.8 Å².